The van der Waals surface area contributed by atoms with Crippen molar-refractivity contribution in [2.45, 2.75) is 19.9 Å². The number of hydrogen-bond acceptors (Lipinski definition) is 4. The summed E-state index contributed by atoms with van der Waals surface area (Å²) in [5.74, 6) is 1.64. The van der Waals surface area contributed by atoms with E-state index in [4.69, 9.17) is 0 Å². The fourth-order valence-electron chi connectivity index (χ4n) is 2.31. The van der Waals surface area contributed by atoms with Gasteiger partial charge >= 0.3 is 0 Å². The maximum Gasteiger partial charge on any atom is 0.134 e. The predicted molar refractivity (Wildman–Crippen MR) is 71.9 cm³/mol. The number of fused-ring (bicyclic) bond motifs is 1. The van der Waals surface area contributed by atoms with Gasteiger partial charge in [-0.25, -0.2) is 9.97 Å². The van der Waals surface area contributed by atoms with Gasteiger partial charge in [0.05, 0.1) is 0 Å². The third-order valence-electron chi connectivity index (χ3n) is 3.18. The minimum absolute atomic E-state index is 0.784. The maximum atomic E-state index is 4.38. The zero-order valence-electron chi connectivity index (χ0n) is 10.4. The summed E-state index contributed by atoms with van der Waals surface area (Å²) in [4.78, 5) is 8.49. The molecule has 1 aliphatic heterocycles. The van der Waals surface area contributed by atoms with E-state index in [9.17, 15) is 0 Å². The van der Waals surface area contributed by atoms with Gasteiger partial charge < -0.3 is 10.6 Å². The van der Waals surface area contributed by atoms with Gasteiger partial charge in [-0.1, -0.05) is 12.1 Å². The van der Waals surface area contributed by atoms with Crippen molar-refractivity contribution in [1.82, 2.24) is 15.3 Å². The highest BCUT2D eigenvalue weighted by Gasteiger charge is 2.12. The molecule has 0 radical (unpaired) electrons. The van der Waals surface area contributed by atoms with Gasteiger partial charge in [-0.05, 0) is 43.1 Å². The molecule has 1 aromatic heterocycles. The molecule has 0 spiro atoms. The van der Waals surface area contributed by atoms with Crippen LogP contribution >= 0.6 is 0 Å². The van der Waals surface area contributed by atoms with E-state index in [1.807, 2.05) is 13.0 Å². The van der Waals surface area contributed by atoms with Crippen LogP contribution in [0, 0.1) is 6.92 Å². The minimum atomic E-state index is 0.784. The summed E-state index contributed by atoms with van der Waals surface area (Å²) in [7, 11) is 0. The van der Waals surface area contributed by atoms with E-state index in [1.54, 1.807) is 6.20 Å². The average Bonchev–Trinajstić information content (AvgIpc) is 2.39. The Labute approximate surface area is 106 Å². The Bertz CT molecular complexity index is 565. The number of nitrogens with one attached hydrogen (secondary N) is 2. The van der Waals surface area contributed by atoms with E-state index in [0.717, 1.165) is 36.8 Å². The summed E-state index contributed by atoms with van der Waals surface area (Å²) in [6.45, 7) is 3.89. The molecule has 2 heterocycles. The Kier molecular flexibility index (Phi) is 2.94. The second-order valence-corrected chi connectivity index (χ2v) is 4.48. The molecular weight excluding hydrogens is 224 g/mol. The molecule has 1 aromatic carbocycles. The summed E-state index contributed by atoms with van der Waals surface area (Å²) in [5.41, 5.74) is 3.93. The lowest BCUT2D eigenvalue weighted by Gasteiger charge is -2.20. The molecule has 0 unspecified atom stereocenters. The zero-order valence-corrected chi connectivity index (χ0v) is 10.4. The Morgan fingerprint density at radius 1 is 1.28 bits per heavy atom. The van der Waals surface area contributed by atoms with Crippen molar-refractivity contribution in [3.05, 3.63) is 47.4 Å². The number of aromatic nitrogens is 2. The van der Waals surface area contributed by atoms with Crippen LogP contribution in [0.25, 0.3) is 0 Å². The van der Waals surface area contributed by atoms with Gasteiger partial charge in [-0.3, -0.25) is 0 Å². The summed E-state index contributed by atoms with van der Waals surface area (Å²) in [6.07, 6.45) is 2.84. The van der Waals surface area contributed by atoms with Crippen LogP contribution in [-0.2, 0) is 13.0 Å². The first-order valence-corrected chi connectivity index (χ1v) is 6.21. The van der Waals surface area contributed by atoms with Crippen molar-refractivity contribution in [2.24, 2.45) is 0 Å². The lowest BCUT2D eigenvalue weighted by atomic mass is 9.99. The zero-order chi connectivity index (χ0) is 12.4. The van der Waals surface area contributed by atoms with Gasteiger partial charge in [0.2, 0.25) is 0 Å². The summed E-state index contributed by atoms with van der Waals surface area (Å²) in [5, 5.41) is 6.78. The molecule has 0 bridgehead atoms. The lowest BCUT2D eigenvalue weighted by Crippen LogP contribution is -2.24. The number of anilines is 2. The number of rotatable bonds is 2. The van der Waals surface area contributed by atoms with Crippen molar-refractivity contribution in [1.29, 1.82) is 0 Å². The van der Waals surface area contributed by atoms with E-state index in [2.05, 4.69) is 38.8 Å². The normalized spacial score (nSPS) is 14.1. The van der Waals surface area contributed by atoms with Crippen molar-refractivity contribution in [3.8, 4) is 0 Å². The molecule has 0 aliphatic carbocycles. The molecule has 0 amide bonds. The minimum Gasteiger partial charge on any atom is -0.340 e. The summed E-state index contributed by atoms with van der Waals surface area (Å²) < 4.78 is 0. The molecule has 1 aliphatic rings. The van der Waals surface area contributed by atoms with Crippen LogP contribution < -0.4 is 10.6 Å². The van der Waals surface area contributed by atoms with Crippen LogP contribution in [0.4, 0.5) is 11.5 Å². The fraction of sp³-hybridized carbons (Fsp3) is 0.286. The molecule has 0 saturated carbocycles. The van der Waals surface area contributed by atoms with Gasteiger partial charge in [0, 0.05) is 18.4 Å². The smallest absolute Gasteiger partial charge is 0.134 e. The van der Waals surface area contributed by atoms with Gasteiger partial charge in [-0.15, -0.1) is 0 Å². The topological polar surface area (TPSA) is 49.8 Å². The van der Waals surface area contributed by atoms with E-state index in [-0.39, 0.29) is 0 Å². The number of nitrogens with zero attached hydrogens (tertiary/aromatic N) is 2. The molecule has 3 rings (SSSR count). The largest absolute Gasteiger partial charge is 0.340 e. The first-order valence-electron chi connectivity index (χ1n) is 6.21. The van der Waals surface area contributed by atoms with Gasteiger partial charge in [0.1, 0.15) is 11.6 Å². The Morgan fingerprint density at radius 3 is 3.11 bits per heavy atom. The second kappa shape index (κ2) is 4.74. The van der Waals surface area contributed by atoms with Crippen molar-refractivity contribution >= 4 is 11.5 Å². The number of hydrogen-bond donors (Lipinski definition) is 2. The SMILES string of the molecule is Cc1nccc(Nc2cccc3c2CCNC3)n1. The van der Waals surface area contributed by atoms with E-state index in [1.165, 1.54) is 11.1 Å². The monoisotopic (exact) mass is 240 g/mol. The van der Waals surface area contributed by atoms with Crippen LogP contribution in [0.1, 0.15) is 17.0 Å². The quantitative estimate of drug-likeness (QED) is 0.844. The summed E-state index contributed by atoms with van der Waals surface area (Å²) in [6, 6.07) is 8.27. The lowest BCUT2D eigenvalue weighted by molar-refractivity contribution is 0.645. The fourth-order valence-corrected chi connectivity index (χ4v) is 2.31. The molecule has 92 valence electrons. The molecule has 0 saturated heterocycles. The first kappa shape index (κ1) is 11.2. The Balaban J connectivity index is 1.93. The van der Waals surface area contributed by atoms with E-state index < -0.39 is 0 Å². The standard InChI is InChI=1S/C14H16N4/c1-10-16-8-6-14(17-10)18-13-4-2-3-11-9-15-7-5-12(11)13/h2-4,6,8,15H,5,7,9H2,1H3,(H,16,17,18). The van der Waals surface area contributed by atoms with Gasteiger partial charge in [0.25, 0.3) is 0 Å². The second-order valence-electron chi connectivity index (χ2n) is 4.48. The van der Waals surface area contributed by atoms with E-state index >= 15 is 0 Å². The third-order valence-corrected chi connectivity index (χ3v) is 3.18. The highest BCUT2D eigenvalue weighted by molar-refractivity contribution is 5.62. The Hall–Kier alpha value is -1.94. The molecule has 18 heavy (non-hydrogen) atoms. The number of benzene rings is 1. The van der Waals surface area contributed by atoms with Gasteiger partial charge in [-0.2, -0.15) is 0 Å². The van der Waals surface area contributed by atoms with Crippen LogP contribution in [0.15, 0.2) is 30.5 Å². The van der Waals surface area contributed by atoms with Gasteiger partial charge in [0.15, 0.2) is 0 Å². The average molecular weight is 240 g/mol. The molecule has 2 N–H and O–H groups in total. The van der Waals surface area contributed by atoms with Crippen molar-refractivity contribution in [2.75, 3.05) is 11.9 Å². The third kappa shape index (κ3) is 2.19. The van der Waals surface area contributed by atoms with Crippen LogP contribution in [-0.4, -0.2) is 16.5 Å². The van der Waals surface area contributed by atoms with Crippen molar-refractivity contribution < 1.29 is 0 Å². The molecule has 0 fully saturated rings. The summed E-state index contributed by atoms with van der Waals surface area (Å²) >= 11 is 0. The molecule has 2 aromatic rings. The van der Waals surface area contributed by atoms with Crippen LogP contribution in [0.2, 0.25) is 0 Å². The van der Waals surface area contributed by atoms with Crippen LogP contribution in [0.3, 0.4) is 0 Å². The first-order chi connectivity index (χ1) is 8.83. The Morgan fingerprint density at radius 2 is 2.22 bits per heavy atom. The van der Waals surface area contributed by atoms with E-state index in [0.29, 0.717) is 0 Å². The predicted octanol–water partition coefficient (Wildman–Crippen LogP) is 2.17. The number of aryl methyl sites for hydroxylation is 1. The molecule has 4 nitrogen and oxygen atoms in total. The van der Waals surface area contributed by atoms with Crippen molar-refractivity contribution in [3.63, 3.8) is 0 Å². The highest BCUT2D eigenvalue weighted by atomic mass is 15.0. The molecule has 0 atom stereocenters. The van der Waals surface area contributed by atoms with Crippen LogP contribution in [0.5, 0.6) is 0 Å². The molecular formula is C14H16N4. The maximum absolute atomic E-state index is 4.38. The highest BCUT2D eigenvalue weighted by Crippen LogP contribution is 2.25. The molecule has 4 heteroatoms.